The number of amides is 4. The van der Waals surface area contributed by atoms with E-state index in [0.29, 0.717) is 185 Å². The first-order valence-electron chi connectivity index (χ1n) is 45.4. The highest BCUT2D eigenvalue weighted by molar-refractivity contribution is 6.39. The standard InChI is InChI=1S/C92H130N18O19/c1-55-18-12-11-13-19-56(2)73(121-8)47-66-24-21-61(7)92(120,129-66)83(116)87(118)109-31-16-14-20-69(109)88(119)127-74(58(4)44-62-22-25-70(111)75(45-62)122-9)48-71(112)57(3)43-60(6)81(115)82(123-10)79(59(5)42-55)105-126-53-77(114)108-33-27-67-65(52-108)51-99-91(103-67)107-36-34-106(35-37-107)90-97-49-64(50-98-90)86(117)96-30-39-125-41-40-124-38-28-76(113)95-29-15-17-32-110-85-78(84(93)100-54-101-85)80(104-110)63-23-26-72-68(46-63)102-89(94)128-72/h11-13,18-19,23,26,43,46,49-51,54-55,57-59,61-62,66,69-71,73-75,81-82,111-112,115,120H,14-17,20-22,24-25,27-42,44-45,47-48,52-53H2,1-10H3,(H2,94,102)(H,95,113)(H,96,117)(H2,93,100,101)/b13-11+,18-12+,56-19+,60-43+,105-79?/t55-,57-,58-,59-,61-,62+,66+,69+,70-,71-,73+,74+,75-,81-,82+,92-/m1/s1. The van der Waals surface area contributed by atoms with Gasteiger partial charge in [-0.15, -0.1) is 0 Å². The molecular formula is C92H130N18O19. The van der Waals surface area contributed by atoms with Gasteiger partial charge in [0, 0.05) is 160 Å². The number of Topliss-reactive ketones (excluding diaryl/α,β-unsaturated/α-hetero) is 1. The molecule has 37 heteroatoms. The van der Waals surface area contributed by atoms with Crippen molar-refractivity contribution in [1.82, 2.24) is 65.1 Å². The summed E-state index contributed by atoms with van der Waals surface area (Å²) in [5, 5.41) is 63.5. The number of anilines is 4. The number of fused-ring (bicyclic) bond motifs is 6. The first-order valence-corrected chi connectivity index (χ1v) is 45.4. The number of methoxy groups -OCH3 is 3. The number of ketones is 1. The summed E-state index contributed by atoms with van der Waals surface area (Å²) in [5.41, 5.74) is 18.8. The molecule has 3 saturated heterocycles. The van der Waals surface area contributed by atoms with Gasteiger partial charge in [-0.3, -0.25) is 24.0 Å². The summed E-state index contributed by atoms with van der Waals surface area (Å²) in [4.78, 5) is 128. The molecule has 5 aliphatic heterocycles. The van der Waals surface area contributed by atoms with Gasteiger partial charge < -0.3 is 105 Å². The second-order valence-electron chi connectivity index (χ2n) is 35.2. The van der Waals surface area contributed by atoms with E-state index in [9.17, 15) is 49.2 Å². The fraction of sp³-hybridized carbons (Fsp3) is 0.620. The molecule has 10 heterocycles. The summed E-state index contributed by atoms with van der Waals surface area (Å²) in [6.07, 6.45) is 18.4. The van der Waals surface area contributed by atoms with Crippen LogP contribution < -0.4 is 31.9 Å². The Balaban J connectivity index is 0.601. The molecule has 6 aromatic rings. The number of allylic oxidation sites excluding steroid dienone is 5. The van der Waals surface area contributed by atoms with Crippen LogP contribution in [0.1, 0.15) is 166 Å². The maximum atomic E-state index is 14.8. The van der Waals surface area contributed by atoms with Crippen LogP contribution in [0.4, 0.5) is 23.7 Å². The minimum atomic E-state index is -2.47. The molecule has 4 fully saturated rings. The molecule has 1 aliphatic carbocycles. The Bertz CT molecular complexity index is 4940. The Kier molecular flexibility index (Phi) is 35.2. The van der Waals surface area contributed by atoms with Crippen molar-refractivity contribution in [2.45, 2.75) is 225 Å². The van der Waals surface area contributed by atoms with Crippen molar-refractivity contribution in [1.29, 1.82) is 0 Å². The second kappa shape index (κ2) is 46.4. The highest BCUT2D eigenvalue weighted by Crippen LogP contribution is 2.40. The number of unbranched alkanes of at least 4 members (excludes halogenated alkanes) is 1. The normalized spacial score (nSPS) is 28.3. The number of nitrogen functional groups attached to an aromatic ring is 2. The van der Waals surface area contributed by atoms with Crippen LogP contribution in [0, 0.1) is 35.5 Å². The molecule has 6 aliphatic rings. The number of cyclic esters (lactones) is 1. The van der Waals surface area contributed by atoms with Gasteiger partial charge in [0.1, 0.15) is 47.7 Å². The lowest BCUT2D eigenvalue weighted by Gasteiger charge is -2.43. The highest BCUT2D eigenvalue weighted by Gasteiger charge is 2.53. The maximum absolute atomic E-state index is 14.8. The monoisotopic (exact) mass is 1790 g/mol. The molecule has 12 rings (SSSR count). The van der Waals surface area contributed by atoms with Gasteiger partial charge in [0.25, 0.3) is 29.5 Å². The maximum Gasteiger partial charge on any atom is 0.329 e. The number of oxime groups is 1. The first kappa shape index (κ1) is 97.7. The predicted octanol–water partition coefficient (Wildman–Crippen LogP) is 7.13. The molecule has 5 aromatic heterocycles. The fourth-order valence-electron chi connectivity index (χ4n) is 18.1. The second-order valence-corrected chi connectivity index (χ2v) is 35.2. The van der Waals surface area contributed by atoms with Crippen LogP contribution in [0.2, 0.25) is 0 Å². The molecule has 37 nitrogen and oxygen atoms in total. The van der Waals surface area contributed by atoms with E-state index in [2.05, 4.69) is 52.5 Å². The minimum absolute atomic E-state index is 0.0374. The van der Waals surface area contributed by atoms with E-state index >= 15 is 0 Å². The highest BCUT2D eigenvalue weighted by atomic mass is 16.6. The zero-order chi connectivity index (χ0) is 92.0. The zero-order valence-corrected chi connectivity index (χ0v) is 75.9. The molecule has 2 bridgehead atoms. The topological polar surface area (TPSA) is 480 Å². The summed E-state index contributed by atoms with van der Waals surface area (Å²) >= 11 is 0. The van der Waals surface area contributed by atoms with E-state index in [0.717, 1.165) is 22.4 Å². The Morgan fingerprint density at radius 2 is 1.52 bits per heavy atom. The molecule has 10 N–H and O–H groups in total. The van der Waals surface area contributed by atoms with Crippen molar-refractivity contribution in [2.75, 3.05) is 128 Å². The van der Waals surface area contributed by atoms with E-state index in [1.54, 1.807) is 62.9 Å². The number of carbonyl (C=O) groups is 6. The van der Waals surface area contributed by atoms with Gasteiger partial charge in [0.2, 0.25) is 23.6 Å². The van der Waals surface area contributed by atoms with E-state index in [1.165, 1.54) is 30.7 Å². The average molecular weight is 1790 g/mol. The average Bonchev–Trinajstić information content (AvgIpc) is 1.75. The van der Waals surface area contributed by atoms with E-state index < -0.39 is 90.7 Å². The number of hydrogen-bond donors (Lipinski definition) is 8. The van der Waals surface area contributed by atoms with Gasteiger partial charge in [-0.2, -0.15) is 10.1 Å². The van der Waals surface area contributed by atoms with Crippen LogP contribution in [0.5, 0.6) is 0 Å². The number of ether oxygens (including phenoxy) is 7. The number of aryl methyl sites for hydroxylation is 1. The summed E-state index contributed by atoms with van der Waals surface area (Å²) < 4.78 is 49.0. The Labute approximate surface area is 752 Å². The zero-order valence-electron chi connectivity index (χ0n) is 75.9. The number of piperidine rings is 1. The number of rotatable bonds is 27. The van der Waals surface area contributed by atoms with E-state index in [-0.39, 0.29) is 125 Å². The third-order valence-corrected chi connectivity index (χ3v) is 25.8. The number of oxazole rings is 1. The molecule has 4 amide bonds. The number of hydrogen-bond acceptors (Lipinski definition) is 32. The van der Waals surface area contributed by atoms with E-state index in [4.69, 9.17) is 68.9 Å². The van der Waals surface area contributed by atoms with Gasteiger partial charge in [-0.25, -0.2) is 39.4 Å². The van der Waals surface area contributed by atoms with Crippen molar-refractivity contribution < 1.29 is 91.6 Å². The Hall–Kier alpha value is -10.4. The van der Waals surface area contributed by atoms with Crippen LogP contribution in [-0.4, -0.2) is 283 Å². The smallest absolute Gasteiger partial charge is 0.329 e. The fourth-order valence-corrected chi connectivity index (χ4v) is 18.1. The first-order chi connectivity index (χ1) is 62.1. The van der Waals surface area contributed by atoms with Gasteiger partial charge in [0.05, 0.1) is 79.3 Å². The number of esters is 1. The summed E-state index contributed by atoms with van der Waals surface area (Å²) in [5.74, 6) is -6.89. The molecule has 1 saturated carbocycles. The van der Waals surface area contributed by atoms with Crippen LogP contribution in [0.15, 0.2) is 100 Å². The summed E-state index contributed by atoms with van der Waals surface area (Å²) in [7, 11) is 4.62. The van der Waals surface area contributed by atoms with Gasteiger partial charge in [0.15, 0.2) is 17.8 Å². The quantitative estimate of drug-likeness (QED) is 0.00835. The molecule has 1 aromatic carbocycles. The van der Waals surface area contributed by atoms with Gasteiger partial charge >= 0.3 is 5.97 Å². The number of nitrogens with zero attached hydrogens (tertiary/aromatic N) is 14. The van der Waals surface area contributed by atoms with E-state index in [1.807, 2.05) is 68.2 Å². The summed E-state index contributed by atoms with van der Waals surface area (Å²) in [6.45, 7) is 17.9. The van der Waals surface area contributed by atoms with Crippen LogP contribution >= 0.6 is 0 Å². The molecule has 129 heavy (non-hydrogen) atoms. The Morgan fingerprint density at radius 3 is 2.28 bits per heavy atom. The number of nitrogens with two attached hydrogens (primary N) is 2. The predicted molar refractivity (Wildman–Crippen MR) is 480 cm³/mol. The molecule has 0 unspecified atom stereocenters. The van der Waals surface area contributed by atoms with Crippen molar-refractivity contribution >= 4 is 87.0 Å². The number of piperazine rings is 1. The molecule has 0 spiro atoms. The lowest BCUT2D eigenvalue weighted by Crippen LogP contribution is -2.61. The SMILES string of the molecule is CO[C@H]1C[C@@H]2CC[C@@H](C)[C@@](O)(O2)C(=O)C(=O)N2CCCC[C@H]2C(=O)O[C@H]([C@H](C)C[C@@H]2CC[C@@H](O)[C@H](OC)C2)C[C@@H](O)[C@H](C)/C=C(\C)[C@@H](O)[C@@H](OC)C(=NOCC(=O)N2CCc3nc(N4CCN(c5ncc(C(=O)NCCOCCOCCC(=O)NCCCCn6nc(-c7ccc8oc(N)nc8c7)c7c(N)ncnc76)cn5)CC4)ncc3C2)[C@H](C)C[C@H](C)/C=C/C=C/C=C/1C. The van der Waals surface area contributed by atoms with Gasteiger partial charge in [-0.1, -0.05) is 76.2 Å². The largest absolute Gasteiger partial charge is 0.460 e. The molecular weight excluding hydrogens is 1660 g/mol. The number of aromatic nitrogens is 9. The number of benzene rings is 1. The molecule has 16 atom stereocenters. The van der Waals surface area contributed by atoms with Crippen LogP contribution in [-0.2, 0) is 81.5 Å². The summed E-state index contributed by atoms with van der Waals surface area (Å²) in [6, 6.07) is 4.37. The van der Waals surface area contributed by atoms with Crippen molar-refractivity contribution in [3.8, 4) is 11.3 Å². The Morgan fingerprint density at radius 1 is 0.760 bits per heavy atom. The van der Waals surface area contributed by atoms with Gasteiger partial charge in [-0.05, 0) is 138 Å². The number of aliphatic hydroxyl groups is 4. The van der Waals surface area contributed by atoms with Crippen molar-refractivity contribution in [2.24, 2.45) is 40.7 Å². The third-order valence-electron chi connectivity index (χ3n) is 25.8. The number of nitrogens with one attached hydrogen (secondary N) is 2. The van der Waals surface area contributed by atoms with Crippen LogP contribution in [0.3, 0.4) is 0 Å². The number of carbonyl (C=O) groups excluding carboxylic acids is 6. The number of aliphatic hydroxyl groups excluding tert-OH is 3. The molecule has 0 radical (unpaired) electrons. The molecule has 702 valence electrons. The van der Waals surface area contributed by atoms with Crippen LogP contribution in [0.25, 0.3) is 33.4 Å². The minimum Gasteiger partial charge on any atom is -0.460 e. The van der Waals surface area contributed by atoms with Crippen molar-refractivity contribution in [3.05, 3.63) is 108 Å². The third kappa shape index (κ3) is 25.5. The van der Waals surface area contributed by atoms with Crippen molar-refractivity contribution in [3.63, 3.8) is 0 Å². The lowest BCUT2D eigenvalue weighted by atomic mass is 9.78. The lowest BCUT2D eigenvalue weighted by molar-refractivity contribution is -0.265.